The SMILES string of the molecule is O=C(O)CCSCCC(=O)SCCC(=O)O. The van der Waals surface area contributed by atoms with Crippen LogP contribution in [0.1, 0.15) is 19.3 Å². The molecule has 0 aromatic heterocycles. The molecular weight excluding hydrogens is 252 g/mol. The first-order valence-electron chi connectivity index (χ1n) is 4.69. The third-order valence-corrected chi connectivity index (χ3v) is 3.41. The molecule has 16 heavy (non-hydrogen) atoms. The molecule has 5 nitrogen and oxygen atoms in total. The first kappa shape index (κ1) is 15.3. The molecule has 0 heterocycles. The predicted molar refractivity (Wildman–Crippen MR) is 63.9 cm³/mol. The average Bonchev–Trinajstić information content (AvgIpc) is 2.16. The van der Waals surface area contributed by atoms with Crippen LogP contribution in [0.2, 0.25) is 0 Å². The van der Waals surface area contributed by atoms with Crippen LogP contribution in [0.3, 0.4) is 0 Å². The monoisotopic (exact) mass is 266 g/mol. The fourth-order valence-electron chi connectivity index (χ4n) is 0.741. The van der Waals surface area contributed by atoms with Crippen LogP contribution in [0.5, 0.6) is 0 Å². The lowest BCUT2D eigenvalue weighted by atomic mass is 10.5. The van der Waals surface area contributed by atoms with E-state index in [-0.39, 0.29) is 18.0 Å². The number of carbonyl (C=O) groups is 3. The second kappa shape index (κ2) is 9.53. The highest BCUT2D eigenvalue weighted by Crippen LogP contribution is 2.11. The Kier molecular flexibility index (Phi) is 9.12. The van der Waals surface area contributed by atoms with E-state index >= 15 is 0 Å². The van der Waals surface area contributed by atoms with Gasteiger partial charge in [0.25, 0.3) is 0 Å². The molecule has 0 fully saturated rings. The molecule has 0 aromatic rings. The molecule has 0 rings (SSSR count). The lowest BCUT2D eigenvalue weighted by Crippen LogP contribution is -2.01. The van der Waals surface area contributed by atoms with E-state index in [0.717, 1.165) is 11.8 Å². The molecular formula is C9H14O5S2. The summed E-state index contributed by atoms with van der Waals surface area (Å²) in [6.07, 6.45) is 0.447. The normalized spacial score (nSPS) is 10.0. The van der Waals surface area contributed by atoms with Gasteiger partial charge in [0, 0.05) is 23.7 Å². The van der Waals surface area contributed by atoms with Crippen molar-refractivity contribution in [2.45, 2.75) is 19.3 Å². The van der Waals surface area contributed by atoms with Crippen molar-refractivity contribution in [1.29, 1.82) is 0 Å². The summed E-state index contributed by atoms with van der Waals surface area (Å²) in [7, 11) is 0. The molecule has 0 radical (unpaired) electrons. The highest BCUT2D eigenvalue weighted by molar-refractivity contribution is 8.13. The van der Waals surface area contributed by atoms with Crippen LogP contribution in [0.25, 0.3) is 0 Å². The Hall–Kier alpha value is -0.690. The second-order valence-corrected chi connectivity index (χ2v) is 5.25. The van der Waals surface area contributed by atoms with E-state index < -0.39 is 11.9 Å². The average molecular weight is 266 g/mol. The Balaban J connectivity index is 3.30. The molecule has 0 atom stereocenters. The van der Waals surface area contributed by atoms with E-state index in [0.29, 0.717) is 23.7 Å². The minimum Gasteiger partial charge on any atom is -0.481 e. The molecule has 0 unspecified atom stereocenters. The van der Waals surface area contributed by atoms with Crippen LogP contribution < -0.4 is 0 Å². The molecule has 0 aliphatic carbocycles. The molecule has 0 saturated heterocycles. The standard InChI is InChI=1S/C9H14O5S2/c10-7(11)1-4-15-5-3-9(14)16-6-2-8(12)13/h1-6H2,(H,10,11)(H,12,13). The molecule has 0 bridgehead atoms. The van der Waals surface area contributed by atoms with E-state index in [1.807, 2.05) is 0 Å². The quantitative estimate of drug-likeness (QED) is 0.608. The summed E-state index contributed by atoms with van der Waals surface area (Å²) < 4.78 is 0. The van der Waals surface area contributed by atoms with Gasteiger partial charge in [0.15, 0.2) is 5.12 Å². The summed E-state index contributed by atoms with van der Waals surface area (Å²) in [5.74, 6) is -0.353. The lowest BCUT2D eigenvalue weighted by Gasteiger charge is -1.99. The Morgan fingerprint density at radius 2 is 1.31 bits per heavy atom. The van der Waals surface area contributed by atoms with Crippen LogP contribution in [-0.2, 0) is 14.4 Å². The molecule has 0 aromatic carbocycles. The summed E-state index contributed by atoms with van der Waals surface area (Å²) in [4.78, 5) is 31.5. The maximum atomic E-state index is 11.2. The van der Waals surface area contributed by atoms with Gasteiger partial charge in [-0.2, -0.15) is 11.8 Å². The third-order valence-electron chi connectivity index (χ3n) is 1.49. The van der Waals surface area contributed by atoms with Gasteiger partial charge in [-0.15, -0.1) is 0 Å². The van der Waals surface area contributed by atoms with E-state index in [2.05, 4.69) is 0 Å². The van der Waals surface area contributed by atoms with Crippen molar-refractivity contribution in [1.82, 2.24) is 0 Å². The van der Waals surface area contributed by atoms with Crippen molar-refractivity contribution >= 4 is 40.6 Å². The van der Waals surface area contributed by atoms with Gasteiger partial charge in [0.1, 0.15) is 0 Å². The van der Waals surface area contributed by atoms with Gasteiger partial charge in [-0.1, -0.05) is 11.8 Å². The van der Waals surface area contributed by atoms with Gasteiger partial charge in [0.2, 0.25) is 0 Å². The van der Waals surface area contributed by atoms with Crippen LogP contribution in [-0.4, -0.2) is 44.5 Å². The lowest BCUT2D eigenvalue weighted by molar-refractivity contribution is -0.137. The number of aliphatic carboxylic acids is 2. The Bertz CT molecular complexity index is 254. The first-order chi connectivity index (χ1) is 7.52. The van der Waals surface area contributed by atoms with Gasteiger partial charge in [-0.3, -0.25) is 14.4 Å². The van der Waals surface area contributed by atoms with Gasteiger partial charge < -0.3 is 10.2 Å². The molecule has 0 saturated carbocycles. The fraction of sp³-hybridized carbons (Fsp3) is 0.667. The van der Waals surface area contributed by atoms with Gasteiger partial charge in [-0.05, 0) is 0 Å². The highest BCUT2D eigenvalue weighted by Gasteiger charge is 2.05. The number of carboxylic acid groups (broad SMARTS) is 2. The van der Waals surface area contributed by atoms with Crippen molar-refractivity contribution in [2.75, 3.05) is 17.3 Å². The summed E-state index contributed by atoms with van der Waals surface area (Å²) in [5, 5.41) is 16.7. The number of hydrogen-bond donors (Lipinski definition) is 2. The molecule has 0 aliphatic rings. The molecule has 92 valence electrons. The zero-order chi connectivity index (χ0) is 12.4. The number of carboxylic acids is 2. The summed E-state index contributed by atoms with van der Waals surface area (Å²) in [6, 6.07) is 0. The summed E-state index contributed by atoms with van der Waals surface area (Å²) in [5.41, 5.74) is 0. The van der Waals surface area contributed by atoms with Crippen LogP contribution in [0, 0.1) is 0 Å². The minimum absolute atomic E-state index is 0.0113. The van der Waals surface area contributed by atoms with Crippen molar-refractivity contribution in [3.63, 3.8) is 0 Å². The summed E-state index contributed by atoms with van der Waals surface area (Å²) in [6.45, 7) is 0. The number of carbonyl (C=O) groups excluding carboxylic acids is 1. The number of hydrogen-bond acceptors (Lipinski definition) is 5. The molecule has 0 spiro atoms. The maximum absolute atomic E-state index is 11.2. The van der Waals surface area contributed by atoms with Gasteiger partial charge >= 0.3 is 11.9 Å². The molecule has 7 heteroatoms. The summed E-state index contributed by atoms with van der Waals surface area (Å²) >= 11 is 2.44. The van der Waals surface area contributed by atoms with Crippen molar-refractivity contribution in [3.05, 3.63) is 0 Å². The van der Waals surface area contributed by atoms with E-state index in [1.165, 1.54) is 11.8 Å². The van der Waals surface area contributed by atoms with Crippen molar-refractivity contribution < 1.29 is 24.6 Å². The van der Waals surface area contributed by atoms with Crippen molar-refractivity contribution in [3.8, 4) is 0 Å². The van der Waals surface area contributed by atoms with Gasteiger partial charge in [0.05, 0.1) is 12.8 Å². The predicted octanol–water partition coefficient (Wildman–Crippen LogP) is 1.32. The zero-order valence-corrected chi connectivity index (χ0v) is 10.3. The van der Waals surface area contributed by atoms with Gasteiger partial charge in [-0.25, -0.2) is 0 Å². The van der Waals surface area contributed by atoms with E-state index in [9.17, 15) is 14.4 Å². The second-order valence-electron chi connectivity index (χ2n) is 2.87. The maximum Gasteiger partial charge on any atom is 0.304 e. The Morgan fingerprint density at radius 1 is 0.812 bits per heavy atom. The number of rotatable bonds is 9. The highest BCUT2D eigenvalue weighted by atomic mass is 32.2. The number of thioether (sulfide) groups is 2. The zero-order valence-electron chi connectivity index (χ0n) is 8.68. The van der Waals surface area contributed by atoms with Crippen LogP contribution in [0.4, 0.5) is 0 Å². The Labute approximate surface area is 102 Å². The fourth-order valence-corrected chi connectivity index (χ4v) is 2.47. The topological polar surface area (TPSA) is 91.7 Å². The van der Waals surface area contributed by atoms with E-state index in [1.54, 1.807) is 0 Å². The largest absolute Gasteiger partial charge is 0.481 e. The molecule has 2 N–H and O–H groups in total. The van der Waals surface area contributed by atoms with E-state index in [4.69, 9.17) is 10.2 Å². The smallest absolute Gasteiger partial charge is 0.304 e. The van der Waals surface area contributed by atoms with Crippen molar-refractivity contribution in [2.24, 2.45) is 0 Å². The van der Waals surface area contributed by atoms with Crippen LogP contribution >= 0.6 is 23.5 Å². The van der Waals surface area contributed by atoms with Crippen LogP contribution in [0.15, 0.2) is 0 Å². The minimum atomic E-state index is -0.906. The molecule has 0 aliphatic heterocycles. The molecule has 0 amide bonds. The first-order valence-corrected chi connectivity index (χ1v) is 6.83. The Morgan fingerprint density at radius 3 is 1.88 bits per heavy atom. The third kappa shape index (κ3) is 11.4.